The van der Waals surface area contributed by atoms with Crippen LogP contribution in [0.5, 0.6) is 0 Å². The third kappa shape index (κ3) is 3.82. The predicted molar refractivity (Wildman–Crippen MR) is 79.2 cm³/mol. The van der Waals surface area contributed by atoms with Crippen LogP contribution >= 0.6 is 0 Å². The van der Waals surface area contributed by atoms with Gasteiger partial charge in [-0.25, -0.2) is 4.79 Å². The highest BCUT2D eigenvalue weighted by Crippen LogP contribution is 2.08. The van der Waals surface area contributed by atoms with E-state index in [4.69, 9.17) is 0 Å². The van der Waals surface area contributed by atoms with Crippen LogP contribution in [-0.4, -0.2) is 11.0 Å². The van der Waals surface area contributed by atoms with Crippen molar-refractivity contribution in [3.63, 3.8) is 0 Å². The largest absolute Gasteiger partial charge is 0.334 e. The van der Waals surface area contributed by atoms with Crippen LogP contribution in [0.15, 0.2) is 48.7 Å². The second-order valence-corrected chi connectivity index (χ2v) is 4.73. The highest BCUT2D eigenvalue weighted by molar-refractivity contribution is 5.74. The molecule has 1 heterocycles. The van der Waals surface area contributed by atoms with Crippen LogP contribution in [0, 0.1) is 6.92 Å². The zero-order valence-electron chi connectivity index (χ0n) is 11.8. The molecular weight excluding hydrogens is 250 g/mol. The topological polar surface area (TPSA) is 54.0 Å². The van der Waals surface area contributed by atoms with E-state index in [-0.39, 0.29) is 12.1 Å². The number of urea groups is 1. The lowest BCUT2D eigenvalue weighted by Crippen LogP contribution is -2.37. The third-order valence-electron chi connectivity index (χ3n) is 3.18. The van der Waals surface area contributed by atoms with Crippen LogP contribution in [0.3, 0.4) is 0 Å². The standard InChI is InChI=1S/C16H19N3O/c1-12-7-3-4-8-14(12)11-18-16(20)19-13(2)15-9-5-6-10-17-15/h3-10,13H,11H2,1-2H3,(H2,18,19,20)/t13-/m0/s1. The van der Waals surface area contributed by atoms with E-state index in [0.29, 0.717) is 6.54 Å². The summed E-state index contributed by atoms with van der Waals surface area (Å²) in [5.41, 5.74) is 3.14. The van der Waals surface area contributed by atoms with Gasteiger partial charge < -0.3 is 10.6 Å². The normalized spacial score (nSPS) is 11.7. The van der Waals surface area contributed by atoms with Crippen molar-refractivity contribution in [2.45, 2.75) is 26.4 Å². The Morgan fingerprint density at radius 3 is 2.65 bits per heavy atom. The molecule has 0 aliphatic rings. The number of nitrogens with zero attached hydrogens (tertiary/aromatic N) is 1. The fourth-order valence-corrected chi connectivity index (χ4v) is 1.94. The number of amides is 2. The summed E-state index contributed by atoms with van der Waals surface area (Å²) in [4.78, 5) is 16.1. The first kappa shape index (κ1) is 14.1. The number of carbonyl (C=O) groups excluding carboxylic acids is 1. The van der Waals surface area contributed by atoms with Gasteiger partial charge in [0.15, 0.2) is 0 Å². The summed E-state index contributed by atoms with van der Waals surface area (Å²) in [5.74, 6) is 0. The smallest absolute Gasteiger partial charge is 0.315 e. The molecule has 104 valence electrons. The van der Waals surface area contributed by atoms with E-state index in [0.717, 1.165) is 11.3 Å². The molecule has 2 aromatic rings. The Morgan fingerprint density at radius 1 is 1.20 bits per heavy atom. The predicted octanol–water partition coefficient (Wildman–Crippen LogP) is 2.95. The number of rotatable bonds is 4. The molecule has 0 saturated heterocycles. The first-order valence-corrected chi connectivity index (χ1v) is 6.66. The van der Waals surface area contributed by atoms with Gasteiger partial charge in [0.1, 0.15) is 0 Å². The lowest BCUT2D eigenvalue weighted by molar-refractivity contribution is 0.237. The Kier molecular flexibility index (Phi) is 4.71. The van der Waals surface area contributed by atoms with Gasteiger partial charge in [0.2, 0.25) is 0 Å². The fourth-order valence-electron chi connectivity index (χ4n) is 1.94. The van der Waals surface area contributed by atoms with Crippen LogP contribution < -0.4 is 10.6 Å². The van der Waals surface area contributed by atoms with E-state index in [1.54, 1.807) is 6.20 Å². The van der Waals surface area contributed by atoms with Gasteiger partial charge in [-0.05, 0) is 37.1 Å². The lowest BCUT2D eigenvalue weighted by atomic mass is 10.1. The maximum absolute atomic E-state index is 11.9. The summed E-state index contributed by atoms with van der Waals surface area (Å²) < 4.78 is 0. The number of aryl methyl sites for hydroxylation is 1. The average molecular weight is 269 g/mol. The average Bonchev–Trinajstić information content (AvgIpc) is 2.47. The van der Waals surface area contributed by atoms with Crippen molar-refractivity contribution in [1.29, 1.82) is 0 Å². The van der Waals surface area contributed by atoms with Crippen molar-refractivity contribution in [2.24, 2.45) is 0 Å². The van der Waals surface area contributed by atoms with Crippen LogP contribution in [0.1, 0.15) is 29.8 Å². The molecule has 4 nitrogen and oxygen atoms in total. The Bertz CT molecular complexity index is 569. The first-order valence-electron chi connectivity index (χ1n) is 6.66. The van der Waals surface area contributed by atoms with E-state index in [1.807, 2.05) is 56.3 Å². The van der Waals surface area contributed by atoms with Crippen LogP contribution in [0.4, 0.5) is 4.79 Å². The molecule has 0 bridgehead atoms. The molecule has 1 atom stereocenters. The van der Waals surface area contributed by atoms with Gasteiger partial charge in [-0.15, -0.1) is 0 Å². The Labute approximate surface area is 119 Å². The highest BCUT2D eigenvalue weighted by atomic mass is 16.2. The molecule has 0 aliphatic heterocycles. The molecule has 1 aromatic carbocycles. The molecule has 0 fully saturated rings. The molecule has 1 aromatic heterocycles. The summed E-state index contributed by atoms with van der Waals surface area (Å²) in [5, 5.41) is 5.74. The van der Waals surface area contributed by atoms with Gasteiger partial charge >= 0.3 is 6.03 Å². The fraction of sp³-hybridized carbons (Fsp3) is 0.250. The molecule has 2 amide bonds. The second-order valence-electron chi connectivity index (χ2n) is 4.73. The number of nitrogens with one attached hydrogen (secondary N) is 2. The van der Waals surface area contributed by atoms with Crippen molar-refractivity contribution in [1.82, 2.24) is 15.6 Å². The maximum Gasteiger partial charge on any atom is 0.315 e. The molecule has 0 spiro atoms. The molecular formula is C16H19N3O. The molecule has 0 unspecified atom stereocenters. The Balaban J connectivity index is 1.86. The molecule has 0 aliphatic carbocycles. The lowest BCUT2D eigenvalue weighted by Gasteiger charge is -2.14. The van der Waals surface area contributed by atoms with E-state index in [1.165, 1.54) is 5.56 Å². The van der Waals surface area contributed by atoms with E-state index in [9.17, 15) is 4.79 Å². The second kappa shape index (κ2) is 6.70. The quantitative estimate of drug-likeness (QED) is 0.896. The summed E-state index contributed by atoms with van der Waals surface area (Å²) in [6.45, 7) is 4.47. The Morgan fingerprint density at radius 2 is 1.95 bits per heavy atom. The van der Waals surface area contributed by atoms with Crippen molar-refractivity contribution >= 4 is 6.03 Å². The molecule has 20 heavy (non-hydrogen) atoms. The van der Waals surface area contributed by atoms with Crippen molar-refractivity contribution in [2.75, 3.05) is 0 Å². The minimum atomic E-state index is -0.189. The van der Waals surface area contributed by atoms with Gasteiger partial charge in [0.25, 0.3) is 0 Å². The summed E-state index contributed by atoms with van der Waals surface area (Å²) in [7, 11) is 0. The van der Waals surface area contributed by atoms with Gasteiger partial charge in [0.05, 0.1) is 11.7 Å². The van der Waals surface area contributed by atoms with Gasteiger partial charge in [-0.1, -0.05) is 30.3 Å². The van der Waals surface area contributed by atoms with Gasteiger partial charge in [-0.3, -0.25) is 4.98 Å². The van der Waals surface area contributed by atoms with Crippen molar-refractivity contribution in [3.05, 3.63) is 65.5 Å². The van der Waals surface area contributed by atoms with E-state index in [2.05, 4.69) is 15.6 Å². The SMILES string of the molecule is Cc1ccccc1CNC(=O)N[C@@H](C)c1ccccn1. The number of hydrogen-bond donors (Lipinski definition) is 2. The molecule has 2 rings (SSSR count). The number of carbonyl (C=O) groups is 1. The summed E-state index contributed by atoms with van der Waals surface area (Å²) in [6.07, 6.45) is 1.72. The minimum Gasteiger partial charge on any atom is -0.334 e. The zero-order valence-corrected chi connectivity index (χ0v) is 11.8. The van der Waals surface area contributed by atoms with Gasteiger partial charge in [-0.2, -0.15) is 0 Å². The minimum absolute atomic E-state index is 0.118. The number of benzene rings is 1. The number of aromatic nitrogens is 1. The molecule has 0 saturated carbocycles. The van der Waals surface area contributed by atoms with Crippen LogP contribution in [-0.2, 0) is 6.54 Å². The van der Waals surface area contributed by atoms with Gasteiger partial charge in [0, 0.05) is 12.7 Å². The maximum atomic E-state index is 11.9. The van der Waals surface area contributed by atoms with Crippen LogP contribution in [0.2, 0.25) is 0 Å². The Hall–Kier alpha value is -2.36. The van der Waals surface area contributed by atoms with Crippen LogP contribution in [0.25, 0.3) is 0 Å². The highest BCUT2D eigenvalue weighted by Gasteiger charge is 2.09. The first-order chi connectivity index (χ1) is 9.66. The molecule has 4 heteroatoms. The third-order valence-corrected chi connectivity index (χ3v) is 3.18. The van der Waals surface area contributed by atoms with Crippen molar-refractivity contribution < 1.29 is 4.79 Å². The number of hydrogen-bond acceptors (Lipinski definition) is 2. The zero-order chi connectivity index (χ0) is 14.4. The number of pyridine rings is 1. The van der Waals surface area contributed by atoms with Crippen molar-refractivity contribution in [3.8, 4) is 0 Å². The molecule has 2 N–H and O–H groups in total. The van der Waals surface area contributed by atoms with E-state index >= 15 is 0 Å². The van der Waals surface area contributed by atoms with E-state index < -0.39 is 0 Å². The summed E-state index contributed by atoms with van der Waals surface area (Å²) >= 11 is 0. The monoisotopic (exact) mass is 269 g/mol. The molecule has 0 radical (unpaired) electrons. The summed E-state index contributed by atoms with van der Waals surface area (Å²) in [6, 6.07) is 13.4.